The molecule has 4 nitrogen and oxygen atoms in total. The van der Waals surface area contributed by atoms with Crippen molar-refractivity contribution in [2.24, 2.45) is 0 Å². The average Bonchev–Trinajstić information content (AvgIpc) is 1.55. The third-order valence-electron chi connectivity index (χ3n) is 18.0. The number of benzene rings is 12. The largest absolute Gasteiger partial charge is 0.353 e. The van der Waals surface area contributed by atoms with Crippen molar-refractivity contribution in [3.8, 4) is 89.5 Å². The van der Waals surface area contributed by atoms with Gasteiger partial charge in [0.2, 0.25) is 0 Å². The summed E-state index contributed by atoms with van der Waals surface area (Å²) in [5, 5.41) is 10.2. The van der Waals surface area contributed by atoms with E-state index in [0.29, 0.717) is 106 Å². The molecule has 0 saturated carbocycles. The molecule has 418 valence electrons. The van der Waals surface area contributed by atoms with Crippen LogP contribution in [0.5, 0.6) is 0 Å². The Morgan fingerprint density at radius 3 is 0.693 bits per heavy atom. The van der Waals surface area contributed by atoms with Crippen molar-refractivity contribution in [1.82, 2.24) is 19.9 Å². The fourth-order valence-electron chi connectivity index (χ4n) is 14.5. The quantitative estimate of drug-likeness (QED) is 0.184. The van der Waals surface area contributed by atoms with Gasteiger partial charge >= 0.3 is 0 Å². The van der Waals surface area contributed by atoms with Gasteiger partial charge in [-0.25, -0.2) is 9.97 Å². The average molecular weight is 1140 g/mol. The number of aromatic amines is 2. The number of nitrogens with zero attached hydrogens (tertiary/aromatic N) is 2. The van der Waals surface area contributed by atoms with E-state index in [2.05, 4.69) is 115 Å². The van der Waals surface area contributed by atoms with Crippen molar-refractivity contribution >= 4 is 86.7 Å². The Labute approximate surface area is 528 Å². The minimum Gasteiger partial charge on any atom is -0.353 e. The Kier molecular flexibility index (Phi) is 8.96. The highest BCUT2D eigenvalue weighted by Gasteiger charge is 2.32. The van der Waals surface area contributed by atoms with Crippen molar-refractivity contribution in [1.29, 1.82) is 0 Å². The van der Waals surface area contributed by atoms with E-state index in [9.17, 15) is 0 Å². The minimum atomic E-state index is -2.80. The summed E-state index contributed by atoms with van der Waals surface area (Å²) in [6, 6.07) is 71.3. The lowest BCUT2D eigenvalue weighted by Crippen LogP contribution is -1.90. The number of hydrogen-bond acceptors (Lipinski definition) is 2. The highest BCUT2D eigenvalue weighted by atomic mass is 14.8. The molecule has 2 aromatic heterocycles. The first-order chi connectivity index (χ1) is 47.7. The van der Waals surface area contributed by atoms with Gasteiger partial charge < -0.3 is 9.97 Å². The summed E-state index contributed by atoms with van der Waals surface area (Å²) in [4.78, 5) is 20.4. The number of rotatable bonds is 4. The van der Waals surface area contributed by atoms with Crippen LogP contribution >= 0.6 is 0 Å². The normalized spacial score (nSPS) is 14.7. The second-order valence-electron chi connectivity index (χ2n) is 24.2. The van der Waals surface area contributed by atoms with Crippen LogP contribution in [0.2, 0.25) is 0 Å². The van der Waals surface area contributed by atoms with Crippen LogP contribution in [0.3, 0.4) is 0 Å². The van der Waals surface area contributed by atoms with Gasteiger partial charge in [-0.05, 0) is 169 Å². The monoisotopic (exact) mass is 1140 g/mol. The highest BCUT2D eigenvalue weighted by Crippen LogP contribution is 2.54. The SMILES string of the molecule is [2H]C([2H])([2H])c1cc(C)cc(-c2c3nc(c(-c4cc(C([2H])([2H])[2H])cc(C([2H])([2H])[2H])c4)c4[nH]c(c(-c5cc(C)cc(C([2H])([2H])[2H])c5)c5nc(c(-c6cc(C)cc(C)c6)c6[nH]c2c2cc7ccccc7cc62)-c2cc6ccccc6cc2-5)c2cc5ccccc5cc42)-c2cc4ccccc4cc2-3)c1. The molecule has 88 heavy (non-hydrogen) atoms. The van der Waals surface area contributed by atoms with Crippen molar-refractivity contribution < 1.29 is 16.4 Å². The van der Waals surface area contributed by atoms with Crippen molar-refractivity contribution in [2.45, 2.75) is 55.1 Å². The van der Waals surface area contributed by atoms with Crippen molar-refractivity contribution in [3.63, 3.8) is 0 Å². The zero-order valence-electron chi connectivity index (χ0n) is 60.7. The van der Waals surface area contributed by atoms with Gasteiger partial charge in [0.1, 0.15) is 0 Å². The number of H-pyrrole nitrogens is 2. The lowest BCUT2D eigenvalue weighted by molar-refractivity contribution is 1.36. The summed E-state index contributed by atoms with van der Waals surface area (Å²) < 4.78 is 109. The molecule has 0 fully saturated rings. The third kappa shape index (κ3) is 8.19. The van der Waals surface area contributed by atoms with Crippen LogP contribution in [-0.4, -0.2) is 19.9 Å². The van der Waals surface area contributed by atoms with Crippen LogP contribution in [0.4, 0.5) is 0 Å². The number of aromatic nitrogens is 4. The summed E-state index contributed by atoms with van der Waals surface area (Å²) >= 11 is 0. The second kappa shape index (κ2) is 19.4. The Morgan fingerprint density at radius 2 is 0.455 bits per heavy atom. The van der Waals surface area contributed by atoms with Crippen LogP contribution in [0.25, 0.3) is 176 Å². The fourth-order valence-corrected chi connectivity index (χ4v) is 14.5. The van der Waals surface area contributed by atoms with Gasteiger partial charge in [-0.3, -0.25) is 0 Å². The summed E-state index contributed by atoms with van der Waals surface area (Å²) in [7, 11) is 0. The third-order valence-corrected chi connectivity index (χ3v) is 18.0. The van der Waals surface area contributed by atoms with Crippen LogP contribution in [0.1, 0.15) is 61.0 Å². The number of aryl methyl sites for hydroxylation is 8. The maximum Gasteiger partial charge on any atom is 0.0816 e. The topological polar surface area (TPSA) is 57.4 Å². The first-order valence-electron chi connectivity index (χ1n) is 35.8. The minimum absolute atomic E-state index is 0.120. The molecular formula is C84H62N4. The zero-order valence-corrected chi connectivity index (χ0v) is 48.7. The summed E-state index contributed by atoms with van der Waals surface area (Å²) in [6.07, 6.45) is 0. The first-order valence-corrected chi connectivity index (χ1v) is 29.8. The molecule has 12 aromatic carbocycles. The summed E-state index contributed by atoms with van der Waals surface area (Å²) in [5.74, 6) is 0. The maximum atomic E-state index is 9.05. The molecule has 17 rings (SSSR count). The lowest BCUT2D eigenvalue weighted by atomic mass is 9.90. The molecule has 3 aliphatic rings. The molecule has 0 spiro atoms. The van der Waals surface area contributed by atoms with E-state index >= 15 is 0 Å². The Balaban J connectivity index is 1.26. The van der Waals surface area contributed by atoms with Crippen molar-refractivity contribution in [2.75, 3.05) is 0 Å². The Bertz CT molecular complexity index is 6170. The molecule has 14 aromatic rings. The van der Waals surface area contributed by atoms with E-state index in [4.69, 9.17) is 26.4 Å². The van der Waals surface area contributed by atoms with Crippen LogP contribution in [0, 0.1) is 55.1 Å². The Hall–Kier alpha value is -10.7. The zero-order chi connectivity index (χ0) is 69.4. The van der Waals surface area contributed by atoms with Crippen LogP contribution in [0.15, 0.2) is 218 Å². The lowest BCUT2D eigenvalue weighted by Gasteiger charge is -2.12. The molecule has 0 atom stereocenters. The summed E-state index contributed by atoms with van der Waals surface area (Å²) in [5.41, 5.74) is 14.9. The van der Waals surface area contributed by atoms with E-state index in [1.807, 2.05) is 98.8 Å². The first kappa shape index (κ1) is 40.6. The Morgan fingerprint density at radius 1 is 0.250 bits per heavy atom. The highest BCUT2D eigenvalue weighted by molar-refractivity contribution is 6.25. The van der Waals surface area contributed by atoms with Crippen molar-refractivity contribution in [3.05, 3.63) is 263 Å². The number of nitrogens with one attached hydrogen (secondary N) is 2. The van der Waals surface area contributed by atoms with E-state index in [1.54, 1.807) is 36.4 Å². The van der Waals surface area contributed by atoms with Gasteiger partial charge in [0.15, 0.2) is 0 Å². The molecule has 0 unspecified atom stereocenters. The predicted octanol–water partition coefficient (Wildman–Crippen LogP) is 23.0. The molecule has 1 aliphatic carbocycles. The van der Waals surface area contributed by atoms with E-state index < -0.39 is 27.4 Å². The van der Waals surface area contributed by atoms with E-state index in [-0.39, 0.29) is 27.8 Å². The molecule has 0 radical (unpaired) electrons. The number of hydrogen-bond donors (Lipinski definition) is 2. The molecule has 0 saturated heterocycles. The molecule has 2 aliphatic heterocycles. The molecular weight excluding hydrogens is 1060 g/mol. The van der Waals surface area contributed by atoms with Gasteiger partial charge in [0, 0.05) is 82.5 Å². The molecule has 4 heterocycles. The fraction of sp³-hybridized carbons (Fsp3) is 0.0952. The van der Waals surface area contributed by atoms with Gasteiger partial charge in [0.05, 0.1) is 44.8 Å². The maximum absolute atomic E-state index is 9.05. The van der Waals surface area contributed by atoms with Crippen LogP contribution in [-0.2, 0) is 0 Å². The number of fused-ring (bicyclic) bond motifs is 4. The van der Waals surface area contributed by atoms with Gasteiger partial charge in [-0.2, -0.15) is 0 Å². The van der Waals surface area contributed by atoms with Gasteiger partial charge in [-0.1, -0.05) is 214 Å². The summed E-state index contributed by atoms with van der Waals surface area (Å²) in [6.45, 7) is -2.73. The molecule has 8 bridgehead atoms. The molecule has 0 amide bonds. The van der Waals surface area contributed by atoms with Crippen LogP contribution < -0.4 is 0 Å². The predicted molar refractivity (Wildman–Crippen MR) is 375 cm³/mol. The standard InChI is InChI=1S/C84H62N4/c1-45-25-46(2)30-61(29-45)73-77-65-37-53-17-9-11-19-55(53)39-67(65)79(85-77)74(62-31-47(3)26-48(4)32-62)81-69-41-57-21-13-15-23-59(57)43-71(69)83(87-81)76(64-35-51(7)28-52(8)36-64)84-72-44-60-24-16-14-22-58(60)42-70(72)82(88-84)75(63-33-49(5)27-50(6)34-63)80-68-40-56-20-12-10-18-54(56)38-66(68)78(73)86-80/h9-44,85,88H,1-8H3/i1D3,2D3,3D3,5D3. The molecule has 4 heteroatoms. The van der Waals surface area contributed by atoms with E-state index in [1.165, 1.54) is 6.07 Å². The molecule has 2 N–H and O–H groups in total. The van der Waals surface area contributed by atoms with E-state index in [0.717, 1.165) is 87.2 Å². The van der Waals surface area contributed by atoms with Gasteiger partial charge in [-0.15, -0.1) is 0 Å². The second-order valence-corrected chi connectivity index (χ2v) is 24.2. The smallest absolute Gasteiger partial charge is 0.0816 e. The van der Waals surface area contributed by atoms with Gasteiger partial charge in [0.25, 0.3) is 0 Å².